The van der Waals surface area contributed by atoms with Crippen molar-refractivity contribution in [1.82, 2.24) is 10.7 Å². The summed E-state index contributed by atoms with van der Waals surface area (Å²) in [6.07, 6.45) is 1.89. The zero-order chi connectivity index (χ0) is 25.1. The molecule has 4 N–H and O–H groups in total. The van der Waals surface area contributed by atoms with Crippen LogP contribution < -0.4 is 25.9 Å². The molecule has 0 spiro atoms. The molecule has 0 heterocycles. The van der Waals surface area contributed by atoms with E-state index in [0.717, 1.165) is 5.56 Å². The summed E-state index contributed by atoms with van der Waals surface area (Å²) in [6.45, 7) is 5.37. The van der Waals surface area contributed by atoms with E-state index >= 15 is 0 Å². The van der Waals surface area contributed by atoms with Gasteiger partial charge < -0.3 is 20.5 Å². The molecule has 0 aliphatic rings. The first-order valence-corrected chi connectivity index (χ1v) is 11.5. The van der Waals surface area contributed by atoms with Gasteiger partial charge in [0.2, 0.25) is 0 Å². The van der Waals surface area contributed by atoms with E-state index in [-0.39, 0.29) is 19.1 Å². The number of benzene rings is 2. The third-order valence-corrected chi connectivity index (χ3v) is 5.15. The number of amides is 3. The van der Waals surface area contributed by atoms with Gasteiger partial charge in [0.1, 0.15) is 17.5 Å². The normalized spacial score (nSPS) is 11.8. The number of aryl methyl sites for hydroxylation is 1. The molecule has 0 saturated heterocycles. The minimum atomic E-state index is -0.763. The van der Waals surface area contributed by atoms with Crippen LogP contribution in [0.1, 0.15) is 31.4 Å². The molecule has 2 aromatic rings. The molecule has 2 rings (SSSR count). The standard InChI is InChI=1S/C24H29BrN4O5/c1-15(2)10-19(28-23(31)14-34-20-7-5-4-6-16(20)3)24(32)29-27-12-17-8-9-21(18(25)11-17)33-13-22(26)30/h4-9,11-12,15,19H,10,13-14H2,1-3H3,(H2,26,30)(H,28,31)(H,29,32)/b27-12-/t19-/m0/s1. The predicted octanol–water partition coefficient (Wildman–Crippen LogP) is 2.68. The molecule has 0 bridgehead atoms. The van der Waals surface area contributed by atoms with Crippen molar-refractivity contribution in [2.75, 3.05) is 13.2 Å². The zero-order valence-electron chi connectivity index (χ0n) is 19.3. The first-order valence-electron chi connectivity index (χ1n) is 10.7. The van der Waals surface area contributed by atoms with E-state index < -0.39 is 23.8 Å². The summed E-state index contributed by atoms with van der Waals surface area (Å²) in [5.41, 5.74) is 9.13. The summed E-state index contributed by atoms with van der Waals surface area (Å²) >= 11 is 3.35. The molecule has 0 saturated carbocycles. The Morgan fingerprint density at radius 2 is 1.79 bits per heavy atom. The molecule has 10 heteroatoms. The lowest BCUT2D eigenvalue weighted by atomic mass is 10.0. The topological polar surface area (TPSA) is 132 Å². The quantitative estimate of drug-likeness (QED) is 0.285. The number of nitrogens with one attached hydrogen (secondary N) is 2. The van der Waals surface area contributed by atoms with E-state index in [1.807, 2.05) is 39.0 Å². The number of para-hydroxylation sites is 1. The molecule has 3 amide bonds. The second kappa shape index (κ2) is 13.3. The van der Waals surface area contributed by atoms with Crippen molar-refractivity contribution in [3.63, 3.8) is 0 Å². The number of hydrogen-bond donors (Lipinski definition) is 3. The summed E-state index contributed by atoms with van der Waals surface area (Å²) in [4.78, 5) is 35.9. The minimum absolute atomic E-state index is 0.168. The van der Waals surface area contributed by atoms with E-state index in [1.54, 1.807) is 24.3 Å². The van der Waals surface area contributed by atoms with Crippen molar-refractivity contribution in [1.29, 1.82) is 0 Å². The van der Waals surface area contributed by atoms with Crippen LogP contribution in [-0.4, -0.2) is 43.2 Å². The minimum Gasteiger partial charge on any atom is -0.484 e. The van der Waals surface area contributed by atoms with Crippen LogP contribution in [0.3, 0.4) is 0 Å². The maximum Gasteiger partial charge on any atom is 0.262 e. The lowest BCUT2D eigenvalue weighted by Gasteiger charge is -2.19. The maximum atomic E-state index is 12.6. The predicted molar refractivity (Wildman–Crippen MR) is 133 cm³/mol. The smallest absolute Gasteiger partial charge is 0.262 e. The van der Waals surface area contributed by atoms with Crippen molar-refractivity contribution < 1.29 is 23.9 Å². The Hall–Kier alpha value is -3.40. The van der Waals surface area contributed by atoms with Gasteiger partial charge in [-0.2, -0.15) is 5.10 Å². The summed E-state index contributed by atoms with van der Waals surface area (Å²) in [7, 11) is 0. The molecular formula is C24H29BrN4O5. The number of hydrogen-bond acceptors (Lipinski definition) is 6. The molecule has 34 heavy (non-hydrogen) atoms. The Morgan fingerprint density at radius 1 is 1.09 bits per heavy atom. The average Bonchev–Trinajstić information content (AvgIpc) is 2.77. The Balaban J connectivity index is 1.93. The molecule has 182 valence electrons. The van der Waals surface area contributed by atoms with Gasteiger partial charge in [0, 0.05) is 0 Å². The van der Waals surface area contributed by atoms with Crippen LogP contribution in [-0.2, 0) is 14.4 Å². The van der Waals surface area contributed by atoms with Crippen LogP contribution in [0, 0.1) is 12.8 Å². The van der Waals surface area contributed by atoms with E-state index in [2.05, 4.69) is 31.8 Å². The van der Waals surface area contributed by atoms with Gasteiger partial charge in [-0.05, 0) is 70.6 Å². The number of hydrazone groups is 1. The van der Waals surface area contributed by atoms with Crippen LogP contribution in [0.25, 0.3) is 0 Å². The molecule has 0 aromatic heterocycles. The van der Waals surface area contributed by atoms with Gasteiger partial charge in [0.15, 0.2) is 13.2 Å². The average molecular weight is 533 g/mol. The molecule has 0 unspecified atom stereocenters. The second-order valence-electron chi connectivity index (χ2n) is 7.98. The number of carbonyl (C=O) groups excluding carboxylic acids is 3. The van der Waals surface area contributed by atoms with Gasteiger partial charge in [-0.15, -0.1) is 0 Å². The van der Waals surface area contributed by atoms with Crippen molar-refractivity contribution >= 4 is 39.9 Å². The molecule has 2 aromatic carbocycles. The summed E-state index contributed by atoms with van der Waals surface area (Å²) in [5.74, 6) is -0.179. The fourth-order valence-corrected chi connectivity index (χ4v) is 3.42. The van der Waals surface area contributed by atoms with Crippen LogP contribution in [0.15, 0.2) is 52.0 Å². The van der Waals surface area contributed by atoms with Crippen LogP contribution >= 0.6 is 15.9 Å². The van der Waals surface area contributed by atoms with Crippen molar-refractivity contribution in [2.45, 2.75) is 33.2 Å². The number of nitrogens with zero attached hydrogens (tertiary/aromatic N) is 1. The highest BCUT2D eigenvalue weighted by atomic mass is 79.9. The highest BCUT2D eigenvalue weighted by Gasteiger charge is 2.22. The first-order chi connectivity index (χ1) is 16.2. The van der Waals surface area contributed by atoms with Crippen LogP contribution in [0.5, 0.6) is 11.5 Å². The van der Waals surface area contributed by atoms with Gasteiger partial charge in [0.25, 0.3) is 17.7 Å². The molecule has 0 aliphatic carbocycles. The van der Waals surface area contributed by atoms with Gasteiger partial charge in [-0.25, -0.2) is 5.43 Å². The van der Waals surface area contributed by atoms with Crippen LogP contribution in [0.4, 0.5) is 0 Å². The Kier molecular flexibility index (Phi) is 10.5. The van der Waals surface area contributed by atoms with Gasteiger partial charge in [-0.1, -0.05) is 32.0 Å². The van der Waals surface area contributed by atoms with Crippen molar-refractivity contribution in [3.05, 3.63) is 58.1 Å². The number of nitrogens with two attached hydrogens (primary N) is 1. The Bertz CT molecular complexity index is 1040. The SMILES string of the molecule is Cc1ccccc1OCC(=O)N[C@@H](CC(C)C)C(=O)N/N=C\c1ccc(OCC(N)=O)c(Br)c1. The molecular weight excluding hydrogens is 504 g/mol. The lowest BCUT2D eigenvalue weighted by molar-refractivity contribution is -0.130. The van der Waals surface area contributed by atoms with Gasteiger partial charge in [-0.3, -0.25) is 14.4 Å². The highest BCUT2D eigenvalue weighted by molar-refractivity contribution is 9.10. The molecule has 9 nitrogen and oxygen atoms in total. The Morgan fingerprint density at radius 3 is 2.44 bits per heavy atom. The van der Waals surface area contributed by atoms with E-state index in [1.165, 1.54) is 6.21 Å². The number of rotatable bonds is 12. The second-order valence-corrected chi connectivity index (χ2v) is 8.84. The summed E-state index contributed by atoms with van der Waals surface area (Å²) in [6, 6.07) is 11.7. The van der Waals surface area contributed by atoms with Gasteiger partial charge in [0.05, 0.1) is 10.7 Å². The monoisotopic (exact) mass is 532 g/mol. The summed E-state index contributed by atoms with van der Waals surface area (Å²) < 4.78 is 11.4. The van der Waals surface area contributed by atoms with Gasteiger partial charge >= 0.3 is 0 Å². The van der Waals surface area contributed by atoms with E-state index in [0.29, 0.717) is 28.0 Å². The number of carbonyl (C=O) groups is 3. The lowest BCUT2D eigenvalue weighted by Crippen LogP contribution is -2.47. The third-order valence-electron chi connectivity index (χ3n) is 4.53. The fourth-order valence-electron chi connectivity index (χ4n) is 2.91. The maximum absolute atomic E-state index is 12.6. The third kappa shape index (κ3) is 9.22. The zero-order valence-corrected chi connectivity index (χ0v) is 20.9. The number of ether oxygens (including phenoxy) is 2. The number of primary amides is 1. The number of halogens is 1. The first kappa shape index (κ1) is 26.8. The molecule has 0 fully saturated rings. The molecule has 0 aliphatic heterocycles. The van der Waals surface area contributed by atoms with E-state index in [9.17, 15) is 14.4 Å². The summed E-state index contributed by atoms with van der Waals surface area (Å²) in [5, 5.41) is 6.70. The van der Waals surface area contributed by atoms with Crippen molar-refractivity contribution in [3.8, 4) is 11.5 Å². The molecule has 1 atom stereocenters. The fraction of sp³-hybridized carbons (Fsp3) is 0.333. The largest absolute Gasteiger partial charge is 0.484 e. The Labute approximate surface area is 207 Å². The molecule has 0 radical (unpaired) electrons. The highest BCUT2D eigenvalue weighted by Crippen LogP contribution is 2.25. The van der Waals surface area contributed by atoms with Crippen LogP contribution in [0.2, 0.25) is 0 Å². The van der Waals surface area contributed by atoms with Crippen molar-refractivity contribution in [2.24, 2.45) is 16.8 Å². The van der Waals surface area contributed by atoms with E-state index in [4.69, 9.17) is 15.2 Å².